The molecule has 3 saturated heterocycles. The molecule has 3 aliphatic rings. The number of carbonyl (C=O) groups is 2. The molecule has 0 saturated carbocycles. The summed E-state index contributed by atoms with van der Waals surface area (Å²) in [6, 6.07) is -0.873. The number of carboxylic acid groups (broad SMARTS) is 1. The Hall–Kier alpha value is -2.76. The number of carboxylic acids is 1. The summed E-state index contributed by atoms with van der Waals surface area (Å²) in [4.78, 5) is 23.3. The fourth-order valence-electron chi connectivity index (χ4n) is 6.06. The van der Waals surface area contributed by atoms with Crippen LogP contribution in [0.25, 0.3) is 0 Å². The molecule has 14 atom stereocenters. The molecule has 0 radical (unpaired) electrons. The Morgan fingerprint density at radius 2 is 1.71 bits per heavy atom. The second-order valence-corrected chi connectivity index (χ2v) is 13.0. The van der Waals surface area contributed by atoms with Crippen molar-refractivity contribution in [3.8, 4) is 0 Å². The fraction of sp³-hybridized carbons (Fsp3) is 0.657. The molecule has 3 aliphatic heterocycles. The number of hydrogen-bond acceptors (Lipinski definition) is 13. The van der Waals surface area contributed by atoms with Crippen LogP contribution >= 0.6 is 0 Å². The van der Waals surface area contributed by atoms with Crippen molar-refractivity contribution in [3.63, 3.8) is 0 Å². The van der Waals surface area contributed by atoms with Gasteiger partial charge in [-0.3, -0.25) is 9.59 Å². The van der Waals surface area contributed by atoms with Crippen molar-refractivity contribution in [1.29, 1.82) is 0 Å². The second kappa shape index (κ2) is 19.0. The quantitative estimate of drug-likeness (QED) is 0.0462. The van der Waals surface area contributed by atoms with Gasteiger partial charge in [0.15, 0.2) is 12.1 Å². The Balaban J connectivity index is 1.72. The maximum Gasteiger partial charge on any atom is 0.311 e. The van der Waals surface area contributed by atoms with Crippen LogP contribution in [0.5, 0.6) is 0 Å². The van der Waals surface area contributed by atoms with E-state index in [1.165, 1.54) is 6.92 Å². The van der Waals surface area contributed by atoms with E-state index < -0.39 is 79.2 Å². The molecular formula is C35H53NO13. The van der Waals surface area contributed by atoms with Crippen molar-refractivity contribution in [2.45, 2.75) is 138 Å². The van der Waals surface area contributed by atoms with Crippen LogP contribution in [0.2, 0.25) is 0 Å². The van der Waals surface area contributed by atoms with E-state index in [1.54, 1.807) is 43.4 Å². The van der Waals surface area contributed by atoms with Crippen LogP contribution < -0.4 is 5.73 Å². The van der Waals surface area contributed by atoms with Crippen molar-refractivity contribution < 1.29 is 63.9 Å². The Kier molecular flexibility index (Phi) is 15.8. The molecular weight excluding hydrogens is 642 g/mol. The number of ether oxygens (including phenoxy) is 5. The van der Waals surface area contributed by atoms with E-state index in [2.05, 4.69) is 6.58 Å². The van der Waals surface area contributed by atoms with Crippen LogP contribution in [0.1, 0.15) is 59.3 Å². The Morgan fingerprint density at radius 1 is 1.04 bits per heavy atom. The molecule has 0 amide bonds. The molecule has 0 bridgehead atoms. The number of rotatable bonds is 18. The molecule has 3 heterocycles. The summed E-state index contributed by atoms with van der Waals surface area (Å²) < 4.78 is 28.1. The number of hydrogen-bond donors (Lipinski definition) is 7. The Morgan fingerprint density at radius 3 is 2.35 bits per heavy atom. The van der Waals surface area contributed by atoms with Crippen molar-refractivity contribution in [3.05, 3.63) is 61.3 Å². The molecule has 3 fully saturated rings. The molecule has 0 spiro atoms. The maximum absolute atomic E-state index is 12.3. The van der Waals surface area contributed by atoms with Gasteiger partial charge in [0.25, 0.3) is 0 Å². The first kappa shape index (κ1) is 40.7. The molecule has 14 nitrogen and oxygen atoms in total. The van der Waals surface area contributed by atoms with Gasteiger partial charge in [0, 0.05) is 32.6 Å². The van der Waals surface area contributed by atoms with Crippen molar-refractivity contribution in [1.82, 2.24) is 0 Å². The second-order valence-electron chi connectivity index (χ2n) is 13.0. The molecule has 0 aromatic rings. The Labute approximate surface area is 287 Å². The minimum absolute atomic E-state index is 0.170. The van der Waals surface area contributed by atoms with Crippen LogP contribution in [0, 0.1) is 5.92 Å². The van der Waals surface area contributed by atoms with Crippen LogP contribution in [0.4, 0.5) is 0 Å². The van der Waals surface area contributed by atoms with E-state index >= 15 is 0 Å². The molecule has 4 unspecified atom stereocenters. The number of allylic oxidation sites excluding steroid dienone is 7. The standard InChI is InChI=1S/C35H53NO13/c1-5-26-27(48-26)16-23(38)18-35(44)19-25(39)29(33(42)43)28(49-35)17-24(47-34-32(41)31(40)30(36)21(3)46-34)15-13-11-9-7-6-8-10-12-14-20(2)45-22(4)37/h5-11,13,15,20-21,23-32,34,38-41,44H,1,12,14,16-19,36H2,2-4H3,(H,42,43)/b7-6+,10-8-,11-9+,15-13+/t20-,21?,23+,24+,25+,26-,27?,28+,29-,30-,31?,32?,34+,35-/m1/s1. The van der Waals surface area contributed by atoms with Crippen LogP contribution in [-0.4, -0.2) is 122 Å². The van der Waals surface area contributed by atoms with Gasteiger partial charge in [0.2, 0.25) is 0 Å². The van der Waals surface area contributed by atoms with Crippen LogP contribution in [-0.2, 0) is 33.3 Å². The lowest BCUT2D eigenvalue weighted by molar-refractivity contribution is -0.308. The van der Waals surface area contributed by atoms with Gasteiger partial charge in [-0.15, -0.1) is 6.58 Å². The highest BCUT2D eigenvalue weighted by molar-refractivity contribution is 5.71. The van der Waals surface area contributed by atoms with E-state index in [4.69, 9.17) is 29.4 Å². The first-order chi connectivity index (χ1) is 23.1. The van der Waals surface area contributed by atoms with Gasteiger partial charge >= 0.3 is 11.9 Å². The maximum atomic E-state index is 12.3. The SMILES string of the molecule is C=C[C@H]1OC1C[C@H](O)C[C@]1(O)C[C@H](O)[C@@H](C(=O)O)[C@H](C[C@H](/C=C/C=C/C=C/C=C\CC[C@@H](C)OC(C)=O)O[C@@H]2OC(C)[C@@H](N)C(O)C2O)O1. The molecule has 0 aliphatic carbocycles. The zero-order chi connectivity index (χ0) is 36.3. The van der Waals surface area contributed by atoms with Gasteiger partial charge in [0.1, 0.15) is 24.2 Å². The van der Waals surface area contributed by atoms with Gasteiger partial charge in [-0.05, 0) is 26.7 Å². The first-order valence-electron chi connectivity index (χ1n) is 16.7. The lowest BCUT2D eigenvalue weighted by atomic mass is 9.83. The molecule has 49 heavy (non-hydrogen) atoms. The summed E-state index contributed by atoms with van der Waals surface area (Å²) in [7, 11) is 0. The third-order valence-corrected chi connectivity index (χ3v) is 8.72. The zero-order valence-electron chi connectivity index (χ0n) is 28.3. The van der Waals surface area contributed by atoms with E-state index in [0.29, 0.717) is 6.42 Å². The molecule has 8 N–H and O–H groups in total. The number of carbonyl (C=O) groups excluding carboxylic acids is 1. The van der Waals surface area contributed by atoms with Gasteiger partial charge in [0.05, 0.1) is 48.8 Å². The summed E-state index contributed by atoms with van der Waals surface area (Å²) in [6.07, 6.45) is 5.81. The van der Waals surface area contributed by atoms with Crippen molar-refractivity contribution in [2.24, 2.45) is 11.7 Å². The molecule has 0 aromatic heterocycles. The molecule has 14 heteroatoms. The number of esters is 1. The summed E-state index contributed by atoms with van der Waals surface area (Å²) in [5, 5.41) is 63.9. The smallest absolute Gasteiger partial charge is 0.311 e. The summed E-state index contributed by atoms with van der Waals surface area (Å²) in [5.41, 5.74) is 5.92. The Bertz CT molecular complexity index is 1210. The van der Waals surface area contributed by atoms with Gasteiger partial charge < -0.3 is 60.1 Å². The number of nitrogens with two attached hydrogens (primary N) is 1. The fourth-order valence-corrected chi connectivity index (χ4v) is 6.06. The largest absolute Gasteiger partial charge is 0.481 e. The topological polar surface area (TPSA) is 231 Å². The van der Waals surface area contributed by atoms with Gasteiger partial charge in [-0.1, -0.05) is 54.7 Å². The highest BCUT2D eigenvalue weighted by atomic mass is 16.7. The van der Waals surface area contributed by atoms with Gasteiger partial charge in [-0.2, -0.15) is 0 Å². The molecule has 0 aromatic carbocycles. The lowest BCUT2D eigenvalue weighted by Gasteiger charge is -2.45. The summed E-state index contributed by atoms with van der Waals surface area (Å²) in [6.45, 7) is 8.46. The average Bonchev–Trinajstić information content (AvgIpc) is 3.75. The number of aliphatic carboxylic acids is 1. The van der Waals surface area contributed by atoms with Crippen molar-refractivity contribution in [2.75, 3.05) is 0 Å². The third kappa shape index (κ3) is 12.8. The minimum Gasteiger partial charge on any atom is -0.481 e. The highest BCUT2D eigenvalue weighted by Gasteiger charge is 2.51. The van der Waals surface area contributed by atoms with E-state index in [9.17, 15) is 40.2 Å². The van der Waals surface area contributed by atoms with Crippen molar-refractivity contribution >= 4 is 11.9 Å². The summed E-state index contributed by atoms with van der Waals surface area (Å²) >= 11 is 0. The first-order valence-corrected chi connectivity index (χ1v) is 16.7. The summed E-state index contributed by atoms with van der Waals surface area (Å²) in [5.74, 6) is -5.18. The third-order valence-electron chi connectivity index (χ3n) is 8.72. The average molecular weight is 696 g/mol. The monoisotopic (exact) mass is 695 g/mol. The molecule has 276 valence electrons. The molecule has 3 rings (SSSR count). The van der Waals surface area contributed by atoms with E-state index in [-0.39, 0.29) is 43.5 Å². The number of aliphatic hydroxyl groups is 5. The zero-order valence-corrected chi connectivity index (χ0v) is 28.3. The predicted molar refractivity (Wildman–Crippen MR) is 177 cm³/mol. The minimum atomic E-state index is -2.06. The van der Waals surface area contributed by atoms with Crippen LogP contribution in [0.15, 0.2) is 61.3 Å². The van der Waals surface area contributed by atoms with Gasteiger partial charge in [-0.25, -0.2) is 0 Å². The highest BCUT2D eigenvalue weighted by Crippen LogP contribution is 2.39. The van der Waals surface area contributed by atoms with E-state index in [1.807, 2.05) is 25.2 Å². The van der Waals surface area contributed by atoms with E-state index in [0.717, 1.165) is 6.42 Å². The predicted octanol–water partition coefficient (Wildman–Crippen LogP) is 1.15. The number of aliphatic hydroxyl groups excluding tert-OH is 4. The lowest BCUT2D eigenvalue weighted by Crippen LogP contribution is -2.61. The van der Waals surface area contributed by atoms with Crippen LogP contribution in [0.3, 0.4) is 0 Å². The normalized spacial score (nSPS) is 37.1. The number of epoxide rings is 1.